The molecule has 1 aliphatic carbocycles. The van der Waals surface area contributed by atoms with Gasteiger partial charge in [0.05, 0.1) is 11.2 Å². The molecule has 2 nitrogen and oxygen atoms in total. The van der Waals surface area contributed by atoms with E-state index in [2.05, 4.69) is 70.2 Å². The summed E-state index contributed by atoms with van der Waals surface area (Å²) in [4.78, 5) is 4.67. The molecule has 21 heavy (non-hydrogen) atoms. The molecule has 2 aromatic carbocycles. The summed E-state index contributed by atoms with van der Waals surface area (Å²) in [5.74, 6) is 0. The molecule has 0 fully saturated rings. The number of hydrogen-bond acceptors (Lipinski definition) is 1. The minimum Gasteiger partial charge on any atom is -0.293 e. The van der Waals surface area contributed by atoms with Gasteiger partial charge in [0.1, 0.15) is 5.65 Å². The predicted octanol–water partition coefficient (Wildman–Crippen LogP) is 4.25. The third-order valence-electron chi connectivity index (χ3n) is 4.51. The highest BCUT2D eigenvalue weighted by atomic mass is 15.0. The van der Waals surface area contributed by atoms with Crippen molar-refractivity contribution >= 4 is 16.6 Å². The van der Waals surface area contributed by atoms with Gasteiger partial charge in [-0.2, -0.15) is 0 Å². The van der Waals surface area contributed by atoms with Gasteiger partial charge in [-0.05, 0) is 36.1 Å². The molecule has 0 N–H and O–H groups in total. The summed E-state index contributed by atoms with van der Waals surface area (Å²) in [5, 5.41) is 1.25. The lowest BCUT2D eigenvalue weighted by atomic mass is 9.90. The Bertz CT molecular complexity index is 995. The number of para-hydroxylation sites is 1. The van der Waals surface area contributed by atoms with Crippen LogP contribution in [0.25, 0.3) is 27.8 Å². The van der Waals surface area contributed by atoms with E-state index in [0.29, 0.717) is 0 Å². The van der Waals surface area contributed by atoms with Crippen molar-refractivity contribution in [1.29, 1.82) is 0 Å². The molecule has 0 atom stereocenters. The fourth-order valence-corrected chi connectivity index (χ4v) is 3.53. The normalized spacial score (nSPS) is 13.3. The smallest absolute Gasteiger partial charge is 0.138 e. The van der Waals surface area contributed by atoms with Crippen LogP contribution in [0.2, 0.25) is 0 Å². The predicted molar refractivity (Wildman–Crippen MR) is 85.5 cm³/mol. The van der Waals surface area contributed by atoms with Gasteiger partial charge < -0.3 is 0 Å². The Hall–Kier alpha value is -2.61. The number of fused-ring (bicyclic) bond motifs is 7. The maximum atomic E-state index is 4.67. The van der Waals surface area contributed by atoms with E-state index in [-0.39, 0.29) is 0 Å². The Kier molecular flexibility index (Phi) is 2.09. The van der Waals surface area contributed by atoms with Gasteiger partial charge in [0.2, 0.25) is 0 Å². The average Bonchev–Trinajstić information content (AvgIpc) is 2.93. The summed E-state index contributed by atoms with van der Waals surface area (Å²) in [6.45, 7) is 0. The second kappa shape index (κ2) is 3.95. The number of aryl methyl sites for hydroxylation is 2. The van der Waals surface area contributed by atoms with Crippen molar-refractivity contribution in [3.63, 3.8) is 0 Å². The Morgan fingerprint density at radius 1 is 0.857 bits per heavy atom. The van der Waals surface area contributed by atoms with Crippen LogP contribution < -0.4 is 0 Å². The standard InChI is InChI=1S/C19H14N2/c1-3-7-16-13(5-1)9-10-15-12-20-18-11-14-6-2-4-8-17(14)21(18)19(15)16/h1-8,11-12H,9-10H2. The molecule has 0 radical (unpaired) electrons. The van der Waals surface area contributed by atoms with E-state index in [1.807, 2.05) is 0 Å². The summed E-state index contributed by atoms with van der Waals surface area (Å²) >= 11 is 0. The molecule has 0 amide bonds. The van der Waals surface area contributed by atoms with E-state index >= 15 is 0 Å². The van der Waals surface area contributed by atoms with Gasteiger partial charge in [0, 0.05) is 17.1 Å². The van der Waals surface area contributed by atoms with Crippen molar-refractivity contribution in [3.05, 3.63) is 71.9 Å². The van der Waals surface area contributed by atoms with Crippen molar-refractivity contribution in [1.82, 2.24) is 9.38 Å². The third kappa shape index (κ3) is 1.44. The van der Waals surface area contributed by atoms with E-state index in [0.717, 1.165) is 18.5 Å². The summed E-state index contributed by atoms with van der Waals surface area (Å²) < 4.78 is 2.32. The zero-order valence-corrected chi connectivity index (χ0v) is 11.6. The Morgan fingerprint density at radius 2 is 1.67 bits per heavy atom. The molecule has 0 bridgehead atoms. The molecule has 0 saturated heterocycles. The van der Waals surface area contributed by atoms with Crippen molar-refractivity contribution in [2.24, 2.45) is 0 Å². The van der Waals surface area contributed by atoms with Crippen LogP contribution in [-0.2, 0) is 12.8 Å². The minimum absolute atomic E-state index is 1.03. The van der Waals surface area contributed by atoms with Crippen LogP contribution in [0.4, 0.5) is 0 Å². The highest BCUT2D eigenvalue weighted by Crippen LogP contribution is 2.35. The van der Waals surface area contributed by atoms with Crippen LogP contribution in [0.15, 0.2) is 60.8 Å². The van der Waals surface area contributed by atoms with Crippen LogP contribution in [0.5, 0.6) is 0 Å². The largest absolute Gasteiger partial charge is 0.293 e. The second-order valence-corrected chi connectivity index (χ2v) is 5.69. The maximum absolute atomic E-state index is 4.67. The number of aromatic nitrogens is 2. The quantitative estimate of drug-likeness (QED) is 0.467. The first kappa shape index (κ1) is 11.1. The molecule has 4 aromatic rings. The number of benzene rings is 2. The van der Waals surface area contributed by atoms with Gasteiger partial charge in [-0.25, -0.2) is 4.98 Å². The highest BCUT2D eigenvalue weighted by Gasteiger charge is 2.20. The van der Waals surface area contributed by atoms with Crippen LogP contribution in [0, 0.1) is 0 Å². The fourth-order valence-electron chi connectivity index (χ4n) is 3.53. The van der Waals surface area contributed by atoms with E-state index in [1.165, 1.54) is 33.3 Å². The molecule has 100 valence electrons. The van der Waals surface area contributed by atoms with Crippen LogP contribution in [0.3, 0.4) is 0 Å². The number of hydrogen-bond donors (Lipinski definition) is 0. The molecule has 2 heterocycles. The second-order valence-electron chi connectivity index (χ2n) is 5.69. The van der Waals surface area contributed by atoms with Gasteiger partial charge in [-0.1, -0.05) is 42.5 Å². The zero-order valence-electron chi connectivity index (χ0n) is 11.6. The van der Waals surface area contributed by atoms with Crippen molar-refractivity contribution in [2.45, 2.75) is 12.8 Å². The van der Waals surface area contributed by atoms with E-state index in [9.17, 15) is 0 Å². The third-order valence-corrected chi connectivity index (χ3v) is 4.51. The molecule has 0 saturated carbocycles. The van der Waals surface area contributed by atoms with Crippen LogP contribution >= 0.6 is 0 Å². The Labute approximate surface area is 122 Å². The lowest BCUT2D eigenvalue weighted by Gasteiger charge is -2.21. The lowest BCUT2D eigenvalue weighted by Crippen LogP contribution is -2.09. The van der Waals surface area contributed by atoms with Gasteiger partial charge in [0.15, 0.2) is 0 Å². The van der Waals surface area contributed by atoms with Crippen molar-refractivity contribution < 1.29 is 0 Å². The van der Waals surface area contributed by atoms with Gasteiger partial charge in [-0.15, -0.1) is 0 Å². The molecule has 0 aliphatic heterocycles. The topological polar surface area (TPSA) is 17.3 Å². The van der Waals surface area contributed by atoms with Crippen LogP contribution in [-0.4, -0.2) is 9.38 Å². The first-order chi connectivity index (χ1) is 10.4. The first-order valence-corrected chi connectivity index (χ1v) is 7.38. The maximum Gasteiger partial charge on any atom is 0.138 e. The monoisotopic (exact) mass is 270 g/mol. The van der Waals surface area contributed by atoms with Crippen molar-refractivity contribution in [3.8, 4) is 11.3 Å². The van der Waals surface area contributed by atoms with Gasteiger partial charge >= 0.3 is 0 Å². The Morgan fingerprint density at radius 3 is 2.67 bits per heavy atom. The SMILES string of the molecule is c1ccc2c(c1)CCc1cnc3cc4ccccc4n3c1-2. The highest BCUT2D eigenvalue weighted by molar-refractivity contribution is 5.89. The average molecular weight is 270 g/mol. The molecule has 0 spiro atoms. The van der Waals surface area contributed by atoms with Crippen molar-refractivity contribution in [2.75, 3.05) is 0 Å². The zero-order chi connectivity index (χ0) is 13.8. The first-order valence-electron chi connectivity index (χ1n) is 7.38. The molecule has 2 aromatic heterocycles. The fraction of sp³-hybridized carbons (Fsp3) is 0.105. The minimum atomic E-state index is 1.03. The van der Waals surface area contributed by atoms with Gasteiger partial charge in [0.25, 0.3) is 0 Å². The summed E-state index contributed by atoms with van der Waals surface area (Å²) in [7, 11) is 0. The molecule has 2 heteroatoms. The summed E-state index contributed by atoms with van der Waals surface area (Å²) in [6.07, 6.45) is 4.23. The molecule has 5 rings (SSSR count). The summed E-state index contributed by atoms with van der Waals surface area (Å²) in [5.41, 5.74) is 7.74. The van der Waals surface area contributed by atoms with Gasteiger partial charge in [-0.3, -0.25) is 4.40 Å². The lowest BCUT2D eigenvalue weighted by molar-refractivity contribution is 0.910. The molecular formula is C19H14N2. The Balaban J connectivity index is 2.01. The van der Waals surface area contributed by atoms with E-state index < -0.39 is 0 Å². The molecule has 1 aliphatic rings. The number of nitrogens with zero attached hydrogens (tertiary/aromatic N) is 2. The molecule has 0 unspecified atom stereocenters. The number of rotatable bonds is 0. The van der Waals surface area contributed by atoms with Crippen LogP contribution in [0.1, 0.15) is 11.1 Å². The summed E-state index contributed by atoms with van der Waals surface area (Å²) in [6, 6.07) is 19.4. The molecular weight excluding hydrogens is 256 g/mol. The van der Waals surface area contributed by atoms with E-state index in [4.69, 9.17) is 0 Å². The van der Waals surface area contributed by atoms with E-state index in [1.54, 1.807) is 0 Å².